The van der Waals surface area contributed by atoms with Crippen LogP contribution in [0.4, 0.5) is 5.69 Å². The number of benzene rings is 1. The van der Waals surface area contributed by atoms with E-state index in [2.05, 4.69) is 15.3 Å². The first-order chi connectivity index (χ1) is 10.7. The average molecular weight is 355 g/mol. The maximum Gasteiger partial charge on any atom is 0.275 e. The molecule has 1 N–H and O–H groups in total. The molecule has 1 aromatic heterocycles. The van der Waals surface area contributed by atoms with Crippen molar-refractivity contribution in [3.63, 3.8) is 0 Å². The summed E-state index contributed by atoms with van der Waals surface area (Å²) >= 11 is 5.95. The van der Waals surface area contributed by atoms with Gasteiger partial charge in [0.2, 0.25) is 10.0 Å². The normalized spacial score (nSPS) is 11.5. The smallest absolute Gasteiger partial charge is 0.275 e. The lowest BCUT2D eigenvalue weighted by Gasteiger charge is -2.14. The zero-order valence-electron chi connectivity index (χ0n) is 12.7. The van der Waals surface area contributed by atoms with Crippen molar-refractivity contribution in [1.29, 1.82) is 0 Å². The number of nitrogens with one attached hydrogen (secondary N) is 1. The van der Waals surface area contributed by atoms with E-state index in [0.717, 1.165) is 4.31 Å². The predicted molar refractivity (Wildman–Crippen MR) is 87.0 cm³/mol. The molecule has 1 amide bonds. The molecule has 9 heteroatoms. The monoisotopic (exact) mass is 354 g/mol. The van der Waals surface area contributed by atoms with Gasteiger partial charge in [0.15, 0.2) is 0 Å². The third kappa shape index (κ3) is 3.84. The Labute approximate surface area is 139 Å². The minimum absolute atomic E-state index is 0.0758. The Hall–Kier alpha value is -2.03. The summed E-state index contributed by atoms with van der Waals surface area (Å²) in [6.07, 6.45) is 2.82. The number of nitrogens with zero attached hydrogens (tertiary/aromatic N) is 3. The van der Waals surface area contributed by atoms with Crippen LogP contribution in [0.15, 0.2) is 35.5 Å². The molecule has 0 bridgehead atoms. The first-order valence-electron chi connectivity index (χ1n) is 6.54. The molecule has 0 atom stereocenters. The second-order valence-electron chi connectivity index (χ2n) is 4.93. The molecule has 0 fully saturated rings. The lowest BCUT2D eigenvalue weighted by molar-refractivity contribution is 0.102. The van der Waals surface area contributed by atoms with Gasteiger partial charge in [0, 0.05) is 26.0 Å². The number of rotatable bonds is 4. The Kier molecular flexibility index (Phi) is 4.98. The van der Waals surface area contributed by atoms with Crippen molar-refractivity contribution in [3.8, 4) is 0 Å². The molecule has 0 radical (unpaired) electrons. The maximum atomic E-state index is 12.2. The van der Waals surface area contributed by atoms with Gasteiger partial charge in [0.25, 0.3) is 5.91 Å². The van der Waals surface area contributed by atoms with Gasteiger partial charge >= 0.3 is 0 Å². The van der Waals surface area contributed by atoms with Crippen LogP contribution in [0.5, 0.6) is 0 Å². The summed E-state index contributed by atoms with van der Waals surface area (Å²) in [6, 6.07) is 4.22. The summed E-state index contributed by atoms with van der Waals surface area (Å²) in [5, 5.41) is 2.65. The fourth-order valence-electron chi connectivity index (χ4n) is 1.68. The van der Waals surface area contributed by atoms with Crippen molar-refractivity contribution in [1.82, 2.24) is 14.3 Å². The van der Waals surface area contributed by atoms with E-state index in [0.29, 0.717) is 11.4 Å². The molecule has 0 unspecified atom stereocenters. The molecule has 23 heavy (non-hydrogen) atoms. The largest absolute Gasteiger partial charge is 0.321 e. The molecule has 0 saturated heterocycles. The van der Waals surface area contributed by atoms with Gasteiger partial charge in [0.05, 0.1) is 16.9 Å². The van der Waals surface area contributed by atoms with Crippen LogP contribution in [0, 0.1) is 6.92 Å². The summed E-state index contributed by atoms with van der Waals surface area (Å²) in [6.45, 7) is 1.76. The number of carbonyl (C=O) groups is 1. The molecule has 7 nitrogen and oxygen atoms in total. The minimum atomic E-state index is -3.71. The molecule has 122 valence electrons. The lowest BCUT2D eigenvalue weighted by atomic mass is 10.3. The van der Waals surface area contributed by atoms with Gasteiger partial charge < -0.3 is 5.32 Å². The number of anilines is 1. The van der Waals surface area contributed by atoms with Crippen molar-refractivity contribution in [2.45, 2.75) is 11.8 Å². The van der Waals surface area contributed by atoms with E-state index < -0.39 is 15.9 Å². The summed E-state index contributed by atoms with van der Waals surface area (Å²) in [4.78, 5) is 20.0. The zero-order chi connectivity index (χ0) is 17.2. The predicted octanol–water partition coefficient (Wildman–Crippen LogP) is 1.94. The Morgan fingerprint density at radius 1 is 1.22 bits per heavy atom. The third-order valence-electron chi connectivity index (χ3n) is 2.96. The van der Waals surface area contributed by atoms with E-state index in [1.165, 1.54) is 44.7 Å². The van der Waals surface area contributed by atoms with E-state index in [1.54, 1.807) is 6.92 Å². The highest BCUT2D eigenvalue weighted by Gasteiger charge is 2.21. The van der Waals surface area contributed by atoms with E-state index in [1.807, 2.05) is 0 Å². The van der Waals surface area contributed by atoms with Crippen LogP contribution in [-0.2, 0) is 10.0 Å². The molecule has 0 aliphatic carbocycles. The standard InChI is InChI=1S/C14H15ClN4O3S/c1-9-7-17-12(8-16-9)14(20)18-10-4-5-11(15)13(6-10)23(21,22)19(2)3/h4-8H,1-3H3,(H,18,20). The van der Waals surface area contributed by atoms with E-state index in [9.17, 15) is 13.2 Å². The molecule has 0 spiro atoms. The zero-order valence-corrected chi connectivity index (χ0v) is 14.3. The highest BCUT2D eigenvalue weighted by atomic mass is 35.5. The van der Waals surface area contributed by atoms with Crippen LogP contribution in [0.25, 0.3) is 0 Å². The number of aryl methyl sites for hydroxylation is 1. The molecule has 0 saturated carbocycles. The first-order valence-corrected chi connectivity index (χ1v) is 8.35. The van der Waals surface area contributed by atoms with Crippen LogP contribution in [0.3, 0.4) is 0 Å². The van der Waals surface area contributed by atoms with Crippen molar-refractivity contribution >= 4 is 33.2 Å². The lowest BCUT2D eigenvalue weighted by Crippen LogP contribution is -2.23. The Morgan fingerprint density at radius 2 is 1.91 bits per heavy atom. The Bertz CT molecular complexity index is 836. The van der Waals surface area contributed by atoms with Gasteiger partial charge in [-0.15, -0.1) is 0 Å². The number of hydrogen-bond acceptors (Lipinski definition) is 5. The summed E-state index contributed by atoms with van der Waals surface area (Å²) < 4.78 is 25.5. The van der Waals surface area contributed by atoms with Crippen LogP contribution in [-0.4, -0.2) is 42.7 Å². The van der Waals surface area contributed by atoms with Gasteiger partial charge in [-0.1, -0.05) is 11.6 Å². The summed E-state index contributed by atoms with van der Waals surface area (Å²) in [5.41, 5.74) is 1.11. The molecular weight excluding hydrogens is 340 g/mol. The van der Waals surface area contributed by atoms with Gasteiger partial charge in [-0.05, 0) is 25.1 Å². The van der Waals surface area contributed by atoms with Gasteiger partial charge in [0.1, 0.15) is 10.6 Å². The van der Waals surface area contributed by atoms with E-state index in [4.69, 9.17) is 11.6 Å². The third-order valence-corrected chi connectivity index (χ3v) is 5.26. The number of amides is 1. The van der Waals surface area contributed by atoms with Crippen molar-refractivity contribution in [3.05, 3.63) is 47.0 Å². The number of carbonyl (C=O) groups excluding carboxylic acids is 1. The molecule has 0 aliphatic rings. The fourth-order valence-corrected chi connectivity index (χ4v) is 3.07. The molecule has 1 heterocycles. The molecule has 1 aromatic carbocycles. The summed E-state index contributed by atoms with van der Waals surface area (Å²) in [5.74, 6) is -0.493. The van der Waals surface area contributed by atoms with Crippen LogP contribution in [0.2, 0.25) is 5.02 Å². The average Bonchev–Trinajstić information content (AvgIpc) is 2.49. The van der Waals surface area contributed by atoms with Gasteiger partial charge in [-0.2, -0.15) is 0 Å². The van der Waals surface area contributed by atoms with Crippen LogP contribution < -0.4 is 5.32 Å². The molecule has 2 aromatic rings. The van der Waals surface area contributed by atoms with Gasteiger partial charge in [-0.3, -0.25) is 9.78 Å². The molecule has 2 rings (SSSR count). The minimum Gasteiger partial charge on any atom is -0.321 e. The maximum absolute atomic E-state index is 12.2. The Balaban J connectivity index is 2.31. The van der Waals surface area contributed by atoms with Crippen molar-refractivity contribution in [2.24, 2.45) is 0 Å². The molecule has 0 aliphatic heterocycles. The second kappa shape index (κ2) is 6.61. The van der Waals surface area contributed by atoms with Crippen LogP contribution in [0.1, 0.15) is 16.2 Å². The van der Waals surface area contributed by atoms with Crippen LogP contribution >= 0.6 is 11.6 Å². The van der Waals surface area contributed by atoms with E-state index in [-0.39, 0.29) is 15.6 Å². The first kappa shape index (κ1) is 17.3. The van der Waals surface area contributed by atoms with Crippen molar-refractivity contribution in [2.75, 3.05) is 19.4 Å². The van der Waals surface area contributed by atoms with Crippen molar-refractivity contribution < 1.29 is 13.2 Å². The second-order valence-corrected chi connectivity index (χ2v) is 7.46. The quantitative estimate of drug-likeness (QED) is 0.905. The van der Waals surface area contributed by atoms with Gasteiger partial charge in [-0.25, -0.2) is 17.7 Å². The number of halogens is 1. The Morgan fingerprint density at radius 3 is 2.48 bits per heavy atom. The highest BCUT2D eigenvalue weighted by Crippen LogP contribution is 2.27. The topological polar surface area (TPSA) is 92.3 Å². The SMILES string of the molecule is Cc1cnc(C(=O)Nc2ccc(Cl)c(S(=O)(=O)N(C)C)c2)cn1. The summed E-state index contributed by atoms with van der Waals surface area (Å²) in [7, 11) is -0.911. The van der Waals surface area contributed by atoms with E-state index >= 15 is 0 Å². The number of aromatic nitrogens is 2. The number of hydrogen-bond donors (Lipinski definition) is 1. The molecular formula is C14H15ClN4O3S. The highest BCUT2D eigenvalue weighted by molar-refractivity contribution is 7.89. The number of sulfonamides is 1. The fraction of sp³-hybridized carbons (Fsp3) is 0.214.